The van der Waals surface area contributed by atoms with Crippen LogP contribution in [0.1, 0.15) is 37.3 Å². The molecule has 0 N–H and O–H groups in total. The third kappa shape index (κ3) is 4.87. The second kappa shape index (κ2) is 8.69. The van der Waals surface area contributed by atoms with E-state index in [9.17, 15) is 0 Å². The van der Waals surface area contributed by atoms with E-state index < -0.39 is 0 Å². The van der Waals surface area contributed by atoms with Crippen LogP contribution >= 0.6 is 26.3 Å². The molecule has 0 fully saturated rings. The molecule has 2 rings (SSSR count). The van der Waals surface area contributed by atoms with Crippen molar-refractivity contribution in [3.8, 4) is 0 Å². The first kappa shape index (κ1) is 14.7. The fourth-order valence-corrected chi connectivity index (χ4v) is 1.92. The van der Waals surface area contributed by atoms with Crippen molar-refractivity contribution in [2.24, 2.45) is 0 Å². The summed E-state index contributed by atoms with van der Waals surface area (Å²) in [6, 6.07) is 8.71. The second-order valence-electron chi connectivity index (χ2n) is 3.85. The zero-order valence-electron chi connectivity index (χ0n) is 9.47. The van der Waals surface area contributed by atoms with Gasteiger partial charge in [0.25, 0.3) is 0 Å². The molecular formula is C13H16Br2Ti. The number of allylic oxidation sites excluding steroid dienone is 1. The summed E-state index contributed by atoms with van der Waals surface area (Å²) in [6.07, 6.45) is 7.47. The molecule has 0 nitrogen and oxygen atoms in total. The maximum atomic E-state index is 3.19. The van der Waals surface area contributed by atoms with E-state index in [1.54, 1.807) is 5.57 Å². The molecule has 0 atom stereocenters. The number of rotatable bonds is 3. The van der Waals surface area contributed by atoms with Crippen LogP contribution in [0.25, 0.3) is 6.08 Å². The van der Waals surface area contributed by atoms with Gasteiger partial charge in [0, 0.05) is 0 Å². The average molecular weight is 380 g/mol. The van der Waals surface area contributed by atoms with Gasteiger partial charge in [0.2, 0.25) is 0 Å². The second-order valence-corrected chi connectivity index (χ2v) is 11.7. The predicted molar refractivity (Wildman–Crippen MR) is 75.5 cm³/mol. The Labute approximate surface area is 120 Å². The van der Waals surface area contributed by atoms with E-state index in [0.717, 1.165) is 0 Å². The van der Waals surface area contributed by atoms with Crippen molar-refractivity contribution in [2.45, 2.75) is 32.6 Å². The van der Waals surface area contributed by atoms with Crippen LogP contribution < -0.4 is 0 Å². The number of hydrogen-bond donors (Lipinski definition) is 0. The maximum absolute atomic E-state index is 3.19. The minimum absolute atomic E-state index is 0.125. The van der Waals surface area contributed by atoms with Gasteiger partial charge in [-0.15, -0.1) is 0 Å². The molecular weight excluding hydrogens is 364 g/mol. The van der Waals surface area contributed by atoms with E-state index in [-0.39, 0.29) is 15.0 Å². The molecule has 3 heteroatoms. The monoisotopic (exact) mass is 378 g/mol. The Bertz CT molecular complexity index is 348. The molecule has 0 unspecified atom stereocenters. The first-order chi connectivity index (χ1) is 7.81. The standard InChI is InChI=1S/C13H16.2BrH.Ti/c1-2-3-6-11-9-12-7-4-5-8-13(12)10-11;;;/h4-5,7-9H,2-3,6,10H2,1H3;2*1H;/q;;;+2/p-2. The van der Waals surface area contributed by atoms with Crippen molar-refractivity contribution < 1.29 is 15.0 Å². The van der Waals surface area contributed by atoms with Crippen molar-refractivity contribution in [3.63, 3.8) is 0 Å². The van der Waals surface area contributed by atoms with Crippen molar-refractivity contribution in [1.29, 1.82) is 0 Å². The van der Waals surface area contributed by atoms with Gasteiger partial charge in [-0.2, -0.15) is 0 Å². The fraction of sp³-hybridized carbons (Fsp3) is 0.385. The van der Waals surface area contributed by atoms with E-state index >= 15 is 0 Å². The molecule has 0 radical (unpaired) electrons. The molecule has 1 aromatic carbocycles. The normalized spacial score (nSPS) is 12.3. The van der Waals surface area contributed by atoms with Crippen LogP contribution in [-0.2, 0) is 21.4 Å². The number of unbranched alkanes of at least 4 members (excludes halogenated alkanes) is 1. The molecule has 86 valence electrons. The van der Waals surface area contributed by atoms with Gasteiger partial charge in [0.05, 0.1) is 0 Å². The van der Waals surface area contributed by atoms with E-state index in [2.05, 4.69) is 63.6 Å². The Morgan fingerprint density at radius 1 is 1.25 bits per heavy atom. The van der Waals surface area contributed by atoms with Crippen LogP contribution in [0.5, 0.6) is 0 Å². The summed E-state index contributed by atoms with van der Waals surface area (Å²) >= 11 is 6.50. The molecule has 0 aromatic heterocycles. The van der Waals surface area contributed by atoms with Gasteiger partial charge >= 0.3 is 41.3 Å². The molecule has 0 bridgehead atoms. The third-order valence-electron chi connectivity index (χ3n) is 2.68. The summed E-state index contributed by atoms with van der Waals surface area (Å²) < 4.78 is 0. The van der Waals surface area contributed by atoms with Gasteiger partial charge in [-0.3, -0.25) is 0 Å². The Morgan fingerprint density at radius 3 is 2.56 bits per heavy atom. The van der Waals surface area contributed by atoms with E-state index in [4.69, 9.17) is 0 Å². The summed E-state index contributed by atoms with van der Waals surface area (Å²) in [6.45, 7) is 2.25. The van der Waals surface area contributed by atoms with Gasteiger partial charge < -0.3 is 0 Å². The van der Waals surface area contributed by atoms with Gasteiger partial charge in [0.1, 0.15) is 0 Å². The van der Waals surface area contributed by atoms with Crippen LogP contribution in [-0.4, -0.2) is 0 Å². The summed E-state index contributed by atoms with van der Waals surface area (Å²) in [5.74, 6) is 0. The van der Waals surface area contributed by atoms with E-state index in [1.165, 1.54) is 36.8 Å². The molecule has 0 saturated heterocycles. The number of fused-ring (bicyclic) bond motifs is 1. The third-order valence-corrected chi connectivity index (χ3v) is 2.68. The molecule has 0 amide bonds. The first-order valence-corrected chi connectivity index (χ1v) is 13.3. The quantitative estimate of drug-likeness (QED) is 0.608. The first-order valence-electron chi connectivity index (χ1n) is 5.55. The van der Waals surface area contributed by atoms with Gasteiger partial charge in [-0.05, 0) is 30.4 Å². The number of benzene rings is 1. The van der Waals surface area contributed by atoms with Crippen LogP contribution in [0.4, 0.5) is 0 Å². The van der Waals surface area contributed by atoms with Gasteiger partial charge in [-0.25, -0.2) is 0 Å². The number of halogens is 2. The molecule has 16 heavy (non-hydrogen) atoms. The zero-order valence-corrected chi connectivity index (χ0v) is 14.2. The summed E-state index contributed by atoms with van der Waals surface area (Å²) in [7, 11) is 0. The predicted octanol–water partition coefficient (Wildman–Crippen LogP) is 5.51. The van der Waals surface area contributed by atoms with Crippen molar-refractivity contribution in [3.05, 3.63) is 41.0 Å². The Kier molecular flexibility index (Phi) is 7.98. The molecule has 0 aliphatic heterocycles. The molecule has 1 aliphatic rings. The fourth-order valence-electron chi connectivity index (χ4n) is 1.92. The molecule has 1 aliphatic carbocycles. The zero-order chi connectivity index (χ0) is 11.8. The van der Waals surface area contributed by atoms with Gasteiger partial charge in [0.15, 0.2) is 0 Å². The number of hydrogen-bond acceptors (Lipinski definition) is 0. The SMILES string of the molecule is CCCCC1=Cc2ccccc2C1.[Br][Ti][Br]. The summed E-state index contributed by atoms with van der Waals surface area (Å²) in [5, 5.41) is 0. The minimum atomic E-state index is 0.125. The van der Waals surface area contributed by atoms with E-state index in [1.807, 2.05) is 0 Å². The summed E-state index contributed by atoms with van der Waals surface area (Å²) in [5.41, 5.74) is 4.56. The summed E-state index contributed by atoms with van der Waals surface area (Å²) in [4.78, 5) is 0. The Morgan fingerprint density at radius 2 is 1.94 bits per heavy atom. The van der Waals surface area contributed by atoms with Crippen molar-refractivity contribution in [2.75, 3.05) is 0 Å². The molecule has 0 saturated carbocycles. The van der Waals surface area contributed by atoms with Crippen LogP contribution in [0.3, 0.4) is 0 Å². The molecule has 1 aromatic rings. The van der Waals surface area contributed by atoms with E-state index in [0.29, 0.717) is 0 Å². The van der Waals surface area contributed by atoms with Crippen LogP contribution in [0, 0.1) is 0 Å². The van der Waals surface area contributed by atoms with Crippen molar-refractivity contribution >= 4 is 32.4 Å². The van der Waals surface area contributed by atoms with Crippen molar-refractivity contribution in [1.82, 2.24) is 0 Å². The Hall–Kier alpha value is 0.634. The van der Waals surface area contributed by atoms with Crippen LogP contribution in [0.2, 0.25) is 0 Å². The Balaban J connectivity index is 0.000000386. The molecule has 0 spiro atoms. The average Bonchev–Trinajstić information content (AvgIpc) is 2.70. The molecule has 0 heterocycles. The van der Waals surface area contributed by atoms with Gasteiger partial charge in [-0.1, -0.05) is 49.3 Å². The van der Waals surface area contributed by atoms with Crippen LogP contribution in [0.15, 0.2) is 29.8 Å². The topological polar surface area (TPSA) is 0 Å².